The highest BCUT2D eigenvalue weighted by Crippen LogP contribution is 2.07. The topological polar surface area (TPSA) is 70.7 Å². The van der Waals surface area contributed by atoms with Crippen molar-refractivity contribution in [2.24, 2.45) is 0 Å². The van der Waals surface area contributed by atoms with Crippen LogP contribution in [0.3, 0.4) is 0 Å². The molecule has 2 saturated heterocycles. The molecule has 0 aromatic rings. The van der Waals surface area contributed by atoms with Crippen molar-refractivity contribution < 1.29 is 13.2 Å². The van der Waals surface area contributed by atoms with Gasteiger partial charge in [-0.15, -0.1) is 0 Å². The van der Waals surface area contributed by atoms with Gasteiger partial charge >= 0.3 is 0 Å². The lowest BCUT2D eigenvalue weighted by Crippen LogP contribution is -2.53. The molecule has 0 spiro atoms. The normalized spacial score (nSPS) is 29.1. The number of nitrogens with zero attached hydrogens (tertiary/aromatic N) is 1. The van der Waals surface area contributed by atoms with E-state index in [1.54, 1.807) is 0 Å². The Bertz CT molecular complexity index is 308. The Hall–Kier alpha value is -0.210. The summed E-state index contributed by atoms with van der Waals surface area (Å²) in [4.78, 5) is 0. The van der Waals surface area contributed by atoms with Crippen molar-refractivity contribution in [3.8, 4) is 0 Å². The van der Waals surface area contributed by atoms with Crippen molar-refractivity contribution in [2.45, 2.75) is 18.9 Å². The summed E-state index contributed by atoms with van der Waals surface area (Å²) >= 11 is 0. The minimum absolute atomic E-state index is 0.0293. The molecule has 1 atom stereocenters. The maximum atomic E-state index is 12.0. The molecule has 0 radical (unpaired) electrons. The van der Waals surface area contributed by atoms with Crippen LogP contribution in [0.5, 0.6) is 0 Å². The number of ether oxygens (including phenoxy) is 1. The van der Waals surface area contributed by atoms with E-state index in [2.05, 4.69) is 10.0 Å². The molecule has 2 heterocycles. The minimum Gasteiger partial charge on any atom is -0.379 e. The van der Waals surface area contributed by atoms with E-state index in [1.807, 2.05) is 0 Å². The molecule has 0 aliphatic carbocycles. The predicted octanol–water partition coefficient (Wildman–Crippen LogP) is -1.09. The van der Waals surface area contributed by atoms with Crippen LogP contribution in [0.1, 0.15) is 12.8 Å². The molecule has 94 valence electrons. The van der Waals surface area contributed by atoms with Crippen molar-refractivity contribution in [3.63, 3.8) is 0 Å². The molecule has 0 aromatic heterocycles. The van der Waals surface area contributed by atoms with Crippen molar-refractivity contribution >= 4 is 10.2 Å². The average Bonchev–Trinajstić information content (AvgIpc) is 2.31. The van der Waals surface area contributed by atoms with Crippen LogP contribution in [-0.4, -0.2) is 58.2 Å². The fourth-order valence-corrected chi connectivity index (χ4v) is 3.43. The van der Waals surface area contributed by atoms with Crippen LogP contribution in [0.25, 0.3) is 0 Å². The van der Waals surface area contributed by atoms with E-state index < -0.39 is 10.2 Å². The highest BCUT2D eigenvalue weighted by atomic mass is 32.2. The van der Waals surface area contributed by atoms with Gasteiger partial charge in [-0.1, -0.05) is 0 Å². The summed E-state index contributed by atoms with van der Waals surface area (Å²) in [5, 5.41) is 3.19. The van der Waals surface area contributed by atoms with Crippen LogP contribution < -0.4 is 10.0 Å². The first-order chi connectivity index (χ1) is 7.68. The molecule has 16 heavy (non-hydrogen) atoms. The second kappa shape index (κ2) is 5.42. The standard InChI is InChI=1S/C9H19N3O3S/c13-16(14,12-4-6-15-7-5-12)11-9-2-1-3-10-8-9/h9-11H,1-8H2/t9-/m1/s1. The third-order valence-corrected chi connectivity index (χ3v) is 4.60. The van der Waals surface area contributed by atoms with Gasteiger partial charge in [-0.3, -0.25) is 0 Å². The Morgan fingerprint density at radius 1 is 1.31 bits per heavy atom. The highest BCUT2D eigenvalue weighted by Gasteiger charge is 2.27. The molecular formula is C9H19N3O3S. The maximum absolute atomic E-state index is 12.0. The number of morpholine rings is 1. The Kier molecular flexibility index (Phi) is 4.15. The van der Waals surface area contributed by atoms with E-state index >= 15 is 0 Å². The van der Waals surface area contributed by atoms with Crippen molar-refractivity contribution in [1.82, 2.24) is 14.3 Å². The zero-order valence-electron chi connectivity index (χ0n) is 9.31. The first-order valence-corrected chi connectivity index (χ1v) is 7.18. The first kappa shape index (κ1) is 12.3. The van der Waals surface area contributed by atoms with Gasteiger partial charge in [0.05, 0.1) is 13.2 Å². The Balaban J connectivity index is 1.90. The van der Waals surface area contributed by atoms with Crippen LogP contribution in [0.2, 0.25) is 0 Å². The van der Waals surface area contributed by atoms with Crippen LogP contribution in [0, 0.1) is 0 Å². The molecule has 0 amide bonds. The molecule has 2 fully saturated rings. The number of hydrogen-bond acceptors (Lipinski definition) is 4. The summed E-state index contributed by atoms with van der Waals surface area (Å²) in [6, 6.07) is 0.0293. The van der Waals surface area contributed by atoms with Crippen molar-refractivity contribution in [1.29, 1.82) is 0 Å². The number of hydrogen-bond donors (Lipinski definition) is 2. The monoisotopic (exact) mass is 249 g/mol. The average molecular weight is 249 g/mol. The zero-order chi connectivity index (χ0) is 11.4. The quantitative estimate of drug-likeness (QED) is 0.666. The van der Waals surface area contributed by atoms with E-state index in [4.69, 9.17) is 4.74 Å². The van der Waals surface area contributed by atoms with E-state index in [9.17, 15) is 8.42 Å². The molecule has 2 aliphatic heterocycles. The second-order valence-corrected chi connectivity index (χ2v) is 5.88. The minimum atomic E-state index is -3.32. The molecule has 0 bridgehead atoms. The molecule has 2 aliphatic rings. The first-order valence-electron chi connectivity index (χ1n) is 5.74. The van der Waals surface area contributed by atoms with Crippen LogP contribution in [0.15, 0.2) is 0 Å². The van der Waals surface area contributed by atoms with E-state index in [0.29, 0.717) is 26.3 Å². The van der Waals surface area contributed by atoms with Gasteiger partial charge in [-0.25, -0.2) is 0 Å². The fraction of sp³-hybridized carbons (Fsp3) is 1.00. The Morgan fingerprint density at radius 3 is 2.69 bits per heavy atom. The van der Waals surface area contributed by atoms with Crippen LogP contribution >= 0.6 is 0 Å². The van der Waals surface area contributed by atoms with Gasteiger partial charge in [0.25, 0.3) is 10.2 Å². The third kappa shape index (κ3) is 3.14. The largest absolute Gasteiger partial charge is 0.379 e. The van der Waals surface area contributed by atoms with E-state index in [1.165, 1.54) is 4.31 Å². The maximum Gasteiger partial charge on any atom is 0.279 e. The predicted molar refractivity (Wildman–Crippen MR) is 60.3 cm³/mol. The summed E-state index contributed by atoms with van der Waals surface area (Å²) in [5.41, 5.74) is 0. The van der Waals surface area contributed by atoms with Gasteiger partial charge in [0, 0.05) is 25.7 Å². The van der Waals surface area contributed by atoms with Gasteiger partial charge < -0.3 is 10.1 Å². The summed E-state index contributed by atoms with van der Waals surface area (Å²) in [7, 11) is -3.32. The van der Waals surface area contributed by atoms with Crippen LogP contribution in [-0.2, 0) is 14.9 Å². The number of nitrogens with one attached hydrogen (secondary N) is 2. The number of rotatable bonds is 3. The van der Waals surface area contributed by atoms with Gasteiger partial charge in [0.15, 0.2) is 0 Å². The van der Waals surface area contributed by atoms with Crippen molar-refractivity contribution in [3.05, 3.63) is 0 Å². The molecule has 2 N–H and O–H groups in total. The summed E-state index contributed by atoms with van der Waals surface area (Å²) in [6.07, 6.45) is 1.94. The summed E-state index contributed by atoms with van der Waals surface area (Å²) < 4.78 is 33.3. The molecule has 0 aromatic carbocycles. The Labute approximate surface area is 96.5 Å². The molecule has 0 unspecified atom stereocenters. The molecule has 7 heteroatoms. The lowest BCUT2D eigenvalue weighted by Gasteiger charge is -2.30. The Morgan fingerprint density at radius 2 is 2.06 bits per heavy atom. The van der Waals surface area contributed by atoms with Gasteiger partial charge in [0.2, 0.25) is 0 Å². The summed E-state index contributed by atoms with van der Waals surface area (Å²) in [6.45, 7) is 3.60. The fourth-order valence-electron chi connectivity index (χ4n) is 2.02. The van der Waals surface area contributed by atoms with Gasteiger partial charge in [-0.05, 0) is 19.4 Å². The number of piperidine rings is 1. The SMILES string of the molecule is O=S(=O)(N[C@@H]1CCCNC1)N1CCOCC1. The van der Waals surface area contributed by atoms with Crippen molar-refractivity contribution in [2.75, 3.05) is 39.4 Å². The molecule has 0 saturated carbocycles. The highest BCUT2D eigenvalue weighted by molar-refractivity contribution is 7.87. The van der Waals surface area contributed by atoms with E-state index in [0.717, 1.165) is 25.9 Å². The third-order valence-electron chi connectivity index (χ3n) is 2.92. The summed E-state index contributed by atoms with van der Waals surface area (Å²) in [5.74, 6) is 0. The zero-order valence-corrected chi connectivity index (χ0v) is 10.1. The smallest absolute Gasteiger partial charge is 0.279 e. The van der Waals surface area contributed by atoms with Gasteiger partial charge in [-0.2, -0.15) is 17.4 Å². The van der Waals surface area contributed by atoms with Crippen LogP contribution in [0.4, 0.5) is 0 Å². The second-order valence-electron chi connectivity index (χ2n) is 4.18. The molecular weight excluding hydrogens is 230 g/mol. The van der Waals surface area contributed by atoms with E-state index in [-0.39, 0.29) is 6.04 Å². The molecule has 6 nitrogen and oxygen atoms in total. The molecule has 2 rings (SSSR count). The van der Waals surface area contributed by atoms with Gasteiger partial charge in [0.1, 0.15) is 0 Å². The lowest BCUT2D eigenvalue weighted by molar-refractivity contribution is 0.0722. The lowest BCUT2D eigenvalue weighted by atomic mass is 10.1.